The number of rotatable bonds is 4. The Hall–Kier alpha value is -1.23. The van der Waals surface area contributed by atoms with Gasteiger partial charge in [0.15, 0.2) is 5.78 Å². The molecule has 70 valence electrons. The van der Waals surface area contributed by atoms with Crippen molar-refractivity contribution >= 4 is 5.78 Å². The summed E-state index contributed by atoms with van der Waals surface area (Å²) in [4.78, 5) is 11.5. The molecule has 0 saturated heterocycles. The second-order valence-corrected chi connectivity index (χ2v) is 3.32. The van der Waals surface area contributed by atoms with Crippen molar-refractivity contribution in [1.82, 2.24) is 20.3 Å². The van der Waals surface area contributed by atoms with Crippen LogP contribution in [-0.2, 0) is 7.05 Å². The molecule has 1 saturated carbocycles. The van der Waals surface area contributed by atoms with Gasteiger partial charge in [0, 0.05) is 13.1 Å². The number of hydrogen-bond donors (Lipinski definition) is 1. The Kier molecular flexibility index (Phi) is 2.10. The van der Waals surface area contributed by atoms with Gasteiger partial charge in [-0.25, -0.2) is 4.68 Å². The quantitative estimate of drug-likeness (QED) is 0.649. The van der Waals surface area contributed by atoms with Crippen LogP contribution in [0.2, 0.25) is 0 Å². The van der Waals surface area contributed by atoms with Crippen molar-refractivity contribution in [3.8, 4) is 0 Å². The van der Waals surface area contributed by atoms with Gasteiger partial charge < -0.3 is 5.32 Å². The molecule has 1 aliphatic rings. The molecule has 5 nitrogen and oxygen atoms in total. The number of ketones is 1. The van der Waals surface area contributed by atoms with E-state index < -0.39 is 0 Å². The topological polar surface area (TPSA) is 59.8 Å². The third kappa shape index (κ3) is 1.92. The number of nitrogens with zero attached hydrogens (tertiary/aromatic N) is 3. The van der Waals surface area contributed by atoms with Gasteiger partial charge in [0.05, 0.1) is 12.7 Å². The highest BCUT2D eigenvalue weighted by Gasteiger charge is 2.22. The molecule has 0 atom stereocenters. The van der Waals surface area contributed by atoms with Crippen LogP contribution in [-0.4, -0.2) is 33.4 Å². The minimum absolute atomic E-state index is 0.0550. The zero-order valence-electron chi connectivity index (χ0n) is 7.53. The summed E-state index contributed by atoms with van der Waals surface area (Å²) < 4.78 is 1.50. The average molecular weight is 180 g/mol. The molecule has 1 N–H and O–H groups in total. The normalized spacial score (nSPS) is 16.1. The molecule has 1 aromatic rings. The monoisotopic (exact) mass is 180 g/mol. The molecule has 1 aliphatic carbocycles. The predicted octanol–water partition coefficient (Wildman–Crippen LogP) is -0.250. The number of Topliss-reactive ketones (excluding diaryl/α,β-unsaturated/α-hetero) is 1. The highest BCUT2D eigenvalue weighted by molar-refractivity contribution is 5.95. The van der Waals surface area contributed by atoms with Crippen LogP contribution in [0.5, 0.6) is 0 Å². The molecule has 13 heavy (non-hydrogen) atoms. The van der Waals surface area contributed by atoms with E-state index in [2.05, 4.69) is 15.6 Å². The molecule has 1 heterocycles. The average Bonchev–Trinajstić information content (AvgIpc) is 2.84. The van der Waals surface area contributed by atoms with E-state index in [1.54, 1.807) is 7.05 Å². The summed E-state index contributed by atoms with van der Waals surface area (Å²) >= 11 is 0. The summed E-state index contributed by atoms with van der Waals surface area (Å²) in [5.74, 6) is 0.0550. The summed E-state index contributed by atoms with van der Waals surface area (Å²) in [6.07, 6.45) is 3.88. The van der Waals surface area contributed by atoms with Gasteiger partial charge in [-0.1, -0.05) is 5.21 Å². The first-order chi connectivity index (χ1) is 6.27. The van der Waals surface area contributed by atoms with Crippen molar-refractivity contribution in [2.75, 3.05) is 6.54 Å². The Morgan fingerprint density at radius 1 is 1.77 bits per heavy atom. The molecule has 0 aromatic carbocycles. The van der Waals surface area contributed by atoms with Crippen molar-refractivity contribution in [3.05, 3.63) is 11.9 Å². The van der Waals surface area contributed by atoms with Crippen LogP contribution in [0.25, 0.3) is 0 Å². The number of nitrogens with one attached hydrogen (secondary N) is 1. The number of hydrogen-bond acceptors (Lipinski definition) is 4. The Morgan fingerprint density at radius 3 is 3.08 bits per heavy atom. The Balaban J connectivity index is 1.92. The summed E-state index contributed by atoms with van der Waals surface area (Å²) in [6, 6.07) is 0.560. The number of carbonyl (C=O) groups excluding carboxylic acids is 1. The molecular weight excluding hydrogens is 168 g/mol. The maximum Gasteiger partial charge on any atom is 0.196 e. The van der Waals surface area contributed by atoms with Gasteiger partial charge in [0.25, 0.3) is 0 Å². The molecule has 0 amide bonds. The molecule has 0 spiro atoms. The smallest absolute Gasteiger partial charge is 0.196 e. The Morgan fingerprint density at radius 2 is 2.54 bits per heavy atom. The SMILES string of the molecule is Cn1nncc1C(=O)CNC1CC1. The summed E-state index contributed by atoms with van der Waals surface area (Å²) in [5.41, 5.74) is 0.563. The fourth-order valence-electron chi connectivity index (χ4n) is 1.16. The lowest BCUT2D eigenvalue weighted by Gasteiger charge is -2.00. The van der Waals surface area contributed by atoms with Crippen molar-refractivity contribution in [1.29, 1.82) is 0 Å². The second-order valence-electron chi connectivity index (χ2n) is 3.32. The number of aryl methyl sites for hydroxylation is 1. The zero-order valence-corrected chi connectivity index (χ0v) is 7.53. The standard InChI is InChI=1S/C8H12N4O/c1-12-7(4-10-11-12)8(13)5-9-6-2-3-6/h4,6,9H,2-3,5H2,1H3. The Bertz CT molecular complexity index is 316. The van der Waals surface area contributed by atoms with Crippen LogP contribution in [0, 0.1) is 0 Å². The van der Waals surface area contributed by atoms with Crippen molar-refractivity contribution in [2.45, 2.75) is 18.9 Å². The summed E-state index contributed by atoms with van der Waals surface area (Å²) in [5, 5.41) is 10.5. The molecule has 1 aromatic heterocycles. The lowest BCUT2D eigenvalue weighted by Crippen LogP contribution is -2.26. The van der Waals surface area contributed by atoms with E-state index >= 15 is 0 Å². The van der Waals surface area contributed by atoms with Crippen LogP contribution in [0.1, 0.15) is 23.3 Å². The van der Waals surface area contributed by atoms with Gasteiger partial charge in [-0.2, -0.15) is 0 Å². The first-order valence-electron chi connectivity index (χ1n) is 4.38. The molecular formula is C8H12N4O. The number of aromatic nitrogens is 3. The largest absolute Gasteiger partial charge is 0.307 e. The van der Waals surface area contributed by atoms with E-state index in [0.717, 1.165) is 0 Å². The molecule has 1 fully saturated rings. The maximum absolute atomic E-state index is 11.5. The van der Waals surface area contributed by atoms with Gasteiger partial charge >= 0.3 is 0 Å². The first-order valence-corrected chi connectivity index (χ1v) is 4.38. The van der Waals surface area contributed by atoms with E-state index in [9.17, 15) is 4.79 Å². The van der Waals surface area contributed by atoms with E-state index in [1.807, 2.05) is 0 Å². The van der Waals surface area contributed by atoms with Crippen LogP contribution < -0.4 is 5.32 Å². The van der Waals surface area contributed by atoms with Gasteiger partial charge in [-0.05, 0) is 12.8 Å². The Labute approximate surface area is 76.1 Å². The van der Waals surface area contributed by atoms with Gasteiger partial charge in [0.2, 0.25) is 0 Å². The van der Waals surface area contributed by atoms with Crippen LogP contribution in [0.15, 0.2) is 6.20 Å². The van der Waals surface area contributed by atoms with E-state index in [-0.39, 0.29) is 5.78 Å². The van der Waals surface area contributed by atoms with E-state index in [4.69, 9.17) is 0 Å². The lowest BCUT2D eigenvalue weighted by atomic mass is 10.3. The van der Waals surface area contributed by atoms with Crippen LogP contribution in [0.3, 0.4) is 0 Å². The summed E-state index contributed by atoms with van der Waals surface area (Å²) in [6.45, 7) is 0.395. The fraction of sp³-hybridized carbons (Fsp3) is 0.625. The first kappa shape index (κ1) is 8.37. The third-order valence-corrected chi connectivity index (χ3v) is 2.13. The minimum atomic E-state index is 0.0550. The van der Waals surface area contributed by atoms with Gasteiger partial charge in [-0.15, -0.1) is 5.10 Å². The van der Waals surface area contributed by atoms with Gasteiger partial charge in [0.1, 0.15) is 5.69 Å². The van der Waals surface area contributed by atoms with Crippen molar-refractivity contribution in [3.63, 3.8) is 0 Å². The molecule has 0 unspecified atom stereocenters. The van der Waals surface area contributed by atoms with E-state index in [1.165, 1.54) is 23.7 Å². The van der Waals surface area contributed by atoms with Crippen molar-refractivity contribution in [2.24, 2.45) is 7.05 Å². The minimum Gasteiger partial charge on any atom is -0.307 e. The highest BCUT2D eigenvalue weighted by atomic mass is 16.1. The second kappa shape index (κ2) is 3.26. The van der Waals surface area contributed by atoms with Crippen LogP contribution in [0.4, 0.5) is 0 Å². The molecule has 5 heteroatoms. The molecule has 0 aliphatic heterocycles. The van der Waals surface area contributed by atoms with Crippen LogP contribution >= 0.6 is 0 Å². The molecule has 2 rings (SSSR count). The summed E-state index contributed by atoms with van der Waals surface area (Å²) in [7, 11) is 1.72. The number of carbonyl (C=O) groups is 1. The van der Waals surface area contributed by atoms with Gasteiger partial charge in [-0.3, -0.25) is 4.79 Å². The molecule has 0 radical (unpaired) electrons. The highest BCUT2D eigenvalue weighted by Crippen LogP contribution is 2.18. The fourth-order valence-corrected chi connectivity index (χ4v) is 1.16. The van der Waals surface area contributed by atoms with Crippen molar-refractivity contribution < 1.29 is 4.79 Å². The third-order valence-electron chi connectivity index (χ3n) is 2.13. The zero-order chi connectivity index (χ0) is 9.26. The maximum atomic E-state index is 11.5. The lowest BCUT2D eigenvalue weighted by molar-refractivity contribution is 0.0981. The van der Waals surface area contributed by atoms with E-state index in [0.29, 0.717) is 18.3 Å². The predicted molar refractivity (Wildman–Crippen MR) is 46.4 cm³/mol. The molecule has 0 bridgehead atoms.